The van der Waals surface area contributed by atoms with Crippen molar-refractivity contribution in [1.29, 1.82) is 0 Å². The number of unbranched alkanes of at least 4 members (excludes halogenated alkanes) is 1. The van der Waals surface area contributed by atoms with Gasteiger partial charge in [-0.2, -0.15) is 0 Å². The standard InChI is InChI=1S/C11H23NO/c1-5-10(2)12(4)9-7-6-8-11(3)13/h10H,5-9H2,1-4H3. The maximum absolute atomic E-state index is 10.7. The van der Waals surface area contributed by atoms with E-state index >= 15 is 0 Å². The van der Waals surface area contributed by atoms with Crippen molar-refractivity contribution >= 4 is 5.78 Å². The van der Waals surface area contributed by atoms with Gasteiger partial charge in [-0.3, -0.25) is 0 Å². The van der Waals surface area contributed by atoms with Crippen LogP contribution in [-0.2, 0) is 4.79 Å². The minimum absolute atomic E-state index is 0.311. The van der Waals surface area contributed by atoms with Gasteiger partial charge in [0, 0.05) is 12.5 Å². The first kappa shape index (κ1) is 12.6. The first-order valence-corrected chi connectivity index (χ1v) is 5.27. The average Bonchev–Trinajstić information content (AvgIpc) is 2.10. The van der Waals surface area contributed by atoms with Gasteiger partial charge < -0.3 is 9.69 Å². The summed E-state index contributed by atoms with van der Waals surface area (Å²) in [5.74, 6) is 0.311. The molecule has 0 bridgehead atoms. The normalized spacial score (nSPS) is 13.3. The first-order valence-electron chi connectivity index (χ1n) is 5.27. The van der Waals surface area contributed by atoms with E-state index in [-0.39, 0.29) is 0 Å². The number of Topliss-reactive ketones (excluding diaryl/α,β-unsaturated/α-hetero) is 1. The predicted octanol–water partition coefficient (Wildman–Crippen LogP) is 2.48. The minimum atomic E-state index is 0.311. The van der Waals surface area contributed by atoms with E-state index in [0.29, 0.717) is 11.8 Å². The molecular formula is C11H23NO. The van der Waals surface area contributed by atoms with Crippen LogP contribution in [0.3, 0.4) is 0 Å². The Morgan fingerprint density at radius 2 is 2.00 bits per heavy atom. The molecule has 0 N–H and O–H groups in total. The molecule has 1 atom stereocenters. The SMILES string of the molecule is CCC(C)N(C)CCCCC(C)=O. The number of hydrogen-bond acceptors (Lipinski definition) is 2. The van der Waals surface area contributed by atoms with Crippen molar-refractivity contribution in [2.24, 2.45) is 0 Å². The summed E-state index contributed by atoms with van der Waals surface area (Å²) in [4.78, 5) is 13.0. The molecule has 0 aromatic heterocycles. The second-order valence-corrected chi connectivity index (χ2v) is 3.90. The van der Waals surface area contributed by atoms with Crippen LogP contribution in [0.2, 0.25) is 0 Å². The van der Waals surface area contributed by atoms with Crippen LogP contribution in [0.5, 0.6) is 0 Å². The Morgan fingerprint density at radius 3 is 2.46 bits per heavy atom. The molecule has 13 heavy (non-hydrogen) atoms. The molecule has 0 radical (unpaired) electrons. The van der Waals surface area contributed by atoms with Crippen LogP contribution in [0.15, 0.2) is 0 Å². The summed E-state index contributed by atoms with van der Waals surface area (Å²) < 4.78 is 0. The highest BCUT2D eigenvalue weighted by atomic mass is 16.1. The molecule has 78 valence electrons. The summed E-state index contributed by atoms with van der Waals surface area (Å²) >= 11 is 0. The highest BCUT2D eigenvalue weighted by Gasteiger charge is 2.05. The molecule has 0 rings (SSSR count). The molecule has 0 saturated carbocycles. The van der Waals surface area contributed by atoms with Gasteiger partial charge in [-0.1, -0.05) is 6.92 Å². The molecule has 0 aliphatic heterocycles. The number of hydrogen-bond donors (Lipinski definition) is 0. The minimum Gasteiger partial charge on any atom is -0.304 e. The molecule has 2 heteroatoms. The summed E-state index contributed by atoms with van der Waals surface area (Å²) in [6, 6.07) is 0.664. The molecule has 2 nitrogen and oxygen atoms in total. The third-order valence-electron chi connectivity index (χ3n) is 2.63. The Kier molecular flexibility index (Phi) is 6.87. The fourth-order valence-electron chi connectivity index (χ4n) is 1.27. The third-order valence-corrected chi connectivity index (χ3v) is 2.63. The molecule has 0 amide bonds. The van der Waals surface area contributed by atoms with Crippen LogP contribution >= 0.6 is 0 Å². The number of carbonyl (C=O) groups excluding carboxylic acids is 1. The largest absolute Gasteiger partial charge is 0.304 e. The van der Waals surface area contributed by atoms with Gasteiger partial charge in [0.25, 0.3) is 0 Å². The lowest BCUT2D eigenvalue weighted by atomic mass is 10.1. The molecule has 0 heterocycles. The van der Waals surface area contributed by atoms with Gasteiger partial charge in [-0.15, -0.1) is 0 Å². The van der Waals surface area contributed by atoms with Crippen molar-refractivity contribution in [1.82, 2.24) is 4.90 Å². The van der Waals surface area contributed by atoms with Crippen LogP contribution in [-0.4, -0.2) is 30.3 Å². The van der Waals surface area contributed by atoms with Crippen molar-refractivity contribution < 1.29 is 4.79 Å². The Labute approximate surface area is 82.3 Å². The molecule has 0 aliphatic carbocycles. The lowest BCUT2D eigenvalue weighted by Crippen LogP contribution is -2.29. The van der Waals surface area contributed by atoms with Crippen LogP contribution in [0.25, 0.3) is 0 Å². The van der Waals surface area contributed by atoms with E-state index in [4.69, 9.17) is 0 Å². The Bertz CT molecular complexity index is 145. The lowest BCUT2D eigenvalue weighted by molar-refractivity contribution is -0.117. The second-order valence-electron chi connectivity index (χ2n) is 3.90. The van der Waals surface area contributed by atoms with E-state index in [1.54, 1.807) is 6.92 Å². The smallest absolute Gasteiger partial charge is 0.129 e. The van der Waals surface area contributed by atoms with E-state index in [9.17, 15) is 4.79 Å². The molecule has 1 unspecified atom stereocenters. The Hall–Kier alpha value is -0.370. The van der Waals surface area contributed by atoms with Crippen LogP contribution < -0.4 is 0 Å². The van der Waals surface area contributed by atoms with E-state index in [2.05, 4.69) is 25.8 Å². The predicted molar refractivity (Wildman–Crippen MR) is 56.9 cm³/mol. The zero-order chi connectivity index (χ0) is 10.3. The van der Waals surface area contributed by atoms with Crippen LogP contribution in [0.1, 0.15) is 46.5 Å². The molecule has 0 aromatic rings. The van der Waals surface area contributed by atoms with Gasteiger partial charge in [-0.05, 0) is 46.7 Å². The van der Waals surface area contributed by atoms with Crippen molar-refractivity contribution in [2.45, 2.75) is 52.5 Å². The monoisotopic (exact) mass is 185 g/mol. The van der Waals surface area contributed by atoms with E-state index in [0.717, 1.165) is 25.8 Å². The summed E-state index contributed by atoms with van der Waals surface area (Å²) in [5, 5.41) is 0. The fraction of sp³-hybridized carbons (Fsp3) is 0.909. The van der Waals surface area contributed by atoms with E-state index in [1.807, 2.05) is 0 Å². The topological polar surface area (TPSA) is 20.3 Å². The number of carbonyl (C=O) groups is 1. The lowest BCUT2D eigenvalue weighted by Gasteiger charge is -2.23. The maximum atomic E-state index is 10.7. The highest BCUT2D eigenvalue weighted by molar-refractivity contribution is 5.75. The van der Waals surface area contributed by atoms with Crippen molar-refractivity contribution in [2.75, 3.05) is 13.6 Å². The highest BCUT2D eigenvalue weighted by Crippen LogP contribution is 2.03. The average molecular weight is 185 g/mol. The molecule has 0 spiro atoms. The molecular weight excluding hydrogens is 162 g/mol. The zero-order valence-corrected chi connectivity index (χ0v) is 9.47. The van der Waals surface area contributed by atoms with Gasteiger partial charge in [0.1, 0.15) is 5.78 Å². The molecule has 0 fully saturated rings. The fourth-order valence-corrected chi connectivity index (χ4v) is 1.27. The Morgan fingerprint density at radius 1 is 1.38 bits per heavy atom. The van der Waals surface area contributed by atoms with Crippen molar-refractivity contribution in [3.05, 3.63) is 0 Å². The van der Waals surface area contributed by atoms with Crippen molar-refractivity contribution in [3.8, 4) is 0 Å². The summed E-state index contributed by atoms with van der Waals surface area (Å²) in [6.45, 7) is 7.22. The van der Waals surface area contributed by atoms with Gasteiger partial charge in [0.15, 0.2) is 0 Å². The number of rotatable bonds is 7. The summed E-state index contributed by atoms with van der Waals surface area (Å²) in [7, 11) is 2.15. The van der Waals surface area contributed by atoms with Crippen LogP contribution in [0, 0.1) is 0 Å². The van der Waals surface area contributed by atoms with Crippen LogP contribution in [0.4, 0.5) is 0 Å². The Balaban J connectivity index is 3.36. The van der Waals surface area contributed by atoms with Gasteiger partial charge in [0.05, 0.1) is 0 Å². The molecule has 0 saturated heterocycles. The van der Waals surface area contributed by atoms with Crippen molar-refractivity contribution in [3.63, 3.8) is 0 Å². The zero-order valence-electron chi connectivity index (χ0n) is 9.47. The summed E-state index contributed by atoms with van der Waals surface area (Å²) in [5.41, 5.74) is 0. The van der Waals surface area contributed by atoms with Gasteiger partial charge >= 0.3 is 0 Å². The van der Waals surface area contributed by atoms with Gasteiger partial charge in [0.2, 0.25) is 0 Å². The number of ketones is 1. The maximum Gasteiger partial charge on any atom is 0.129 e. The molecule has 0 aromatic carbocycles. The van der Waals surface area contributed by atoms with E-state index in [1.165, 1.54) is 6.42 Å². The summed E-state index contributed by atoms with van der Waals surface area (Å²) in [6.07, 6.45) is 4.12. The van der Waals surface area contributed by atoms with Gasteiger partial charge in [-0.25, -0.2) is 0 Å². The molecule has 0 aliphatic rings. The van der Waals surface area contributed by atoms with E-state index < -0.39 is 0 Å². The number of nitrogens with zero attached hydrogens (tertiary/aromatic N) is 1. The first-order chi connectivity index (χ1) is 6.07. The second kappa shape index (κ2) is 7.07. The third kappa shape index (κ3) is 6.76. The quantitative estimate of drug-likeness (QED) is 0.568.